The molecule has 0 heterocycles. The maximum absolute atomic E-state index is 11.8. The Kier molecular flexibility index (Phi) is 6.08. The van der Waals surface area contributed by atoms with Gasteiger partial charge >= 0.3 is 0 Å². The van der Waals surface area contributed by atoms with Crippen molar-refractivity contribution in [1.29, 1.82) is 0 Å². The predicted molar refractivity (Wildman–Crippen MR) is 75.4 cm³/mol. The molecule has 4 heteroatoms. The van der Waals surface area contributed by atoms with E-state index in [1.165, 1.54) is 5.56 Å². The molecule has 1 aromatic carbocycles. The number of benzene rings is 1. The van der Waals surface area contributed by atoms with Crippen LogP contribution >= 0.6 is 11.8 Å². The van der Waals surface area contributed by atoms with Crippen molar-refractivity contribution in [3.8, 4) is 0 Å². The molecule has 1 rings (SSSR count). The topological polar surface area (TPSA) is 41.1 Å². The van der Waals surface area contributed by atoms with Gasteiger partial charge in [0.1, 0.15) is 0 Å². The third kappa shape index (κ3) is 4.79. The van der Waals surface area contributed by atoms with Gasteiger partial charge in [-0.15, -0.1) is 0 Å². The molecule has 0 saturated carbocycles. The van der Waals surface area contributed by atoms with E-state index in [0.717, 1.165) is 18.0 Å². The van der Waals surface area contributed by atoms with Gasteiger partial charge in [-0.1, -0.05) is 19.1 Å². The third-order valence-electron chi connectivity index (χ3n) is 2.47. The van der Waals surface area contributed by atoms with Crippen LogP contribution in [0.5, 0.6) is 0 Å². The summed E-state index contributed by atoms with van der Waals surface area (Å²) in [5.74, 6) is 0.978. The summed E-state index contributed by atoms with van der Waals surface area (Å²) >= 11 is 1.69. The number of nitrogens with one attached hydrogen (secondary N) is 2. The van der Waals surface area contributed by atoms with Gasteiger partial charge in [0, 0.05) is 23.9 Å². The second kappa shape index (κ2) is 7.35. The zero-order valence-corrected chi connectivity index (χ0v) is 11.4. The van der Waals surface area contributed by atoms with Gasteiger partial charge in [0.25, 0.3) is 0 Å². The quantitative estimate of drug-likeness (QED) is 0.816. The number of amides is 1. The van der Waals surface area contributed by atoms with E-state index in [0.29, 0.717) is 0 Å². The molecular weight excluding hydrogens is 232 g/mol. The van der Waals surface area contributed by atoms with Crippen molar-refractivity contribution in [3.05, 3.63) is 29.8 Å². The maximum Gasteiger partial charge on any atom is 0.228 e. The van der Waals surface area contributed by atoms with Crippen molar-refractivity contribution >= 4 is 23.4 Å². The van der Waals surface area contributed by atoms with Crippen LogP contribution in [-0.4, -0.2) is 25.0 Å². The first-order valence-electron chi connectivity index (χ1n) is 5.70. The molecule has 1 aromatic rings. The van der Waals surface area contributed by atoms with Gasteiger partial charge in [-0.25, -0.2) is 0 Å². The van der Waals surface area contributed by atoms with E-state index in [1.54, 1.807) is 11.8 Å². The lowest BCUT2D eigenvalue weighted by molar-refractivity contribution is -0.118. The van der Waals surface area contributed by atoms with Gasteiger partial charge in [0.15, 0.2) is 0 Å². The van der Waals surface area contributed by atoms with E-state index < -0.39 is 0 Å². The summed E-state index contributed by atoms with van der Waals surface area (Å²) < 4.78 is 0. The molecule has 0 saturated heterocycles. The standard InChI is InChI=1S/C13H20N2OS/c1-10(9-17-3)13(16)15-12-6-4-11(5-7-12)8-14-2/h4-7,10,14H,8-9H2,1-3H3,(H,15,16). The monoisotopic (exact) mass is 252 g/mol. The van der Waals surface area contributed by atoms with Gasteiger partial charge in [0.2, 0.25) is 5.91 Å². The lowest BCUT2D eigenvalue weighted by Gasteiger charge is -2.11. The summed E-state index contributed by atoms with van der Waals surface area (Å²) in [6.45, 7) is 2.79. The van der Waals surface area contributed by atoms with Crippen LogP contribution < -0.4 is 10.6 Å². The zero-order valence-electron chi connectivity index (χ0n) is 10.6. The van der Waals surface area contributed by atoms with Crippen molar-refractivity contribution in [3.63, 3.8) is 0 Å². The predicted octanol–water partition coefficient (Wildman–Crippen LogP) is 2.34. The Bertz CT molecular complexity index is 351. The molecule has 0 radical (unpaired) electrons. The van der Waals surface area contributed by atoms with Gasteiger partial charge in [-0.05, 0) is 31.0 Å². The fourth-order valence-electron chi connectivity index (χ4n) is 1.50. The largest absolute Gasteiger partial charge is 0.326 e. The minimum Gasteiger partial charge on any atom is -0.326 e. The van der Waals surface area contributed by atoms with Crippen molar-refractivity contribution in [1.82, 2.24) is 5.32 Å². The molecule has 0 bridgehead atoms. The summed E-state index contributed by atoms with van der Waals surface area (Å²) in [5.41, 5.74) is 2.07. The average Bonchev–Trinajstić information content (AvgIpc) is 2.32. The highest BCUT2D eigenvalue weighted by molar-refractivity contribution is 7.98. The number of carbonyl (C=O) groups is 1. The zero-order chi connectivity index (χ0) is 12.7. The Balaban J connectivity index is 2.53. The first kappa shape index (κ1) is 14.1. The highest BCUT2D eigenvalue weighted by Crippen LogP contribution is 2.12. The first-order chi connectivity index (χ1) is 8.17. The number of hydrogen-bond donors (Lipinski definition) is 2. The van der Waals surface area contributed by atoms with Crippen LogP contribution in [0.15, 0.2) is 24.3 Å². The van der Waals surface area contributed by atoms with Gasteiger partial charge < -0.3 is 10.6 Å². The summed E-state index contributed by atoms with van der Waals surface area (Å²) in [5, 5.41) is 6.01. The Morgan fingerprint density at radius 3 is 2.53 bits per heavy atom. The van der Waals surface area contributed by atoms with Gasteiger partial charge in [0.05, 0.1) is 0 Å². The normalized spacial score (nSPS) is 12.2. The van der Waals surface area contributed by atoms with E-state index >= 15 is 0 Å². The Hall–Kier alpha value is -1.00. The Morgan fingerprint density at radius 2 is 2.00 bits per heavy atom. The van der Waals surface area contributed by atoms with Crippen LogP contribution in [0.4, 0.5) is 5.69 Å². The smallest absolute Gasteiger partial charge is 0.228 e. The fourth-order valence-corrected chi connectivity index (χ4v) is 2.15. The minimum absolute atomic E-state index is 0.0435. The third-order valence-corrected chi connectivity index (χ3v) is 3.30. The van der Waals surface area contributed by atoms with Crippen LogP contribution in [0.25, 0.3) is 0 Å². The van der Waals surface area contributed by atoms with Crippen molar-refractivity contribution < 1.29 is 4.79 Å². The minimum atomic E-state index is 0.0435. The molecule has 2 N–H and O–H groups in total. The van der Waals surface area contributed by atoms with Crippen LogP contribution in [0.3, 0.4) is 0 Å². The molecule has 0 fully saturated rings. The van der Waals surface area contributed by atoms with Crippen LogP contribution in [0.1, 0.15) is 12.5 Å². The number of thioether (sulfide) groups is 1. The van der Waals surface area contributed by atoms with E-state index in [4.69, 9.17) is 0 Å². The molecule has 0 aromatic heterocycles. The van der Waals surface area contributed by atoms with Crippen molar-refractivity contribution in [2.45, 2.75) is 13.5 Å². The molecule has 0 aliphatic carbocycles. The van der Waals surface area contributed by atoms with Gasteiger partial charge in [-0.3, -0.25) is 4.79 Å². The SMILES string of the molecule is CNCc1ccc(NC(=O)C(C)CSC)cc1. The lowest BCUT2D eigenvalue weighted by Crippen LogP contribution is -2.22. The molecule has 1 atom stereocenters. The molecule has 1 amide bonds. The van der Waals surface area contributed by atoms with Crippen LogP contribution in [-0.2, 0) is 11.3 Å². The summed E-state index contributed by atoms with van der Waals surface area (Å²) in [6, 6.07) is 7.92. The Morgan fingerprint density at radius 1 is 1.35 bits per heavy atom. The average molecular weight is 252 g/mol. The highest BCUT2D eigenvalue weighted by atomic mass is 32.2. The lowest BCUT2D eigenvalue weighted by atomic mass is 10.1. The van der Waals surface area contributed by atoms with Crippen molar-refractivity contribution in [2.75, 3.05) is 24.4 Å². The Labute approximate surface area is 107 Å². The van der Waals surface area contributed by atoms with E-state index in [-0.39, 0.29) is 11.8 Å². The van der Waals surface area contributed by atoms with Crippen molar-refractivity contribution in [2.24, 2.45) is 5.92 Å². The summed E-state index contributed by atoms with van der Waals surface area (Å²) in [4.78, 5) is 11.8. The number of rotatable bonds is 6. The van der Waals surface area contributed by atoms with Crippen LogP contribution in [0.2, 0.25) is 0 Å². The maximum atomic E-state index is 11.8. The van der Waals surface area contributed by atoms with E-state index in [9.17, 15) is 4.79 Å². The second-order valence-corrected chi connectivity index (χ2v) is 4.98. The molecule has 3 nitrogen and oxygen atoms in total. The molecule has 94 valence electrons. The molecule has 1 unspecified atom stereocenters. The van der Waals surface area contributed by atoms with Crippen LogP contribution in [0, 0.1) is 5.92 Å². The highest BCUT2D eigenvalue weighted by Gasteiger charge is 2.11. The molecule has 0 spiro atoms. The summed E-state index contributed by atoms with van der Waals surface area (Å²) in [6.07, 6.45) is 2.01. The summed E-state index contributed by atoms with van der Waals surface area (Å²) in [7, 11) is 1.92. The molecule has 0 aliphatic rings. The second-order valence-electron chi connectivity index (χ2n) is 4.07. The first-order valence-corrected chi connectivity index (χ1v) is 7.10. The number of carbonyl (C=O) groups excluding carboxylic acids is 1. The van der Waals surface area contributed by atoms with E-state index in [1.807, 2.05) is 44.5 Å². The number of anilines is 1. The molecule has 0 aliphatic heterocycles. The number of hydrogen-bond acceptors (Lipinski definition) is 3. The fraction of sp³-hybridized carbons (Fsp3) is 0.462. The van der Waals surface area contributed by atoms with Gasteiger partial charge in [-0.2, -0.15) is 11.8 Å². The molecular formula is C13H20N2OS. The molecule has 17 heavy (non-hydrogen) atoms. The van der Waals surface area contributed by atoms with E-state index in [2.05, 4.69) is 10.6 Å².